The van der Waals surface area contributed by atoms with E-state index in [1.807, 2.05) is 0 Å². The van der Waals surface area contributed by atoms with Crippen molar-refractivity contribution in [2.24, 2.45) is 17.1 Å². The normalized spacial score (nSPS) is 26.1. The summed E-state index contributed by atoms with van der Waals surface area (Å²) >= 11 is 0. The fraction of sp³-hybridized carbons (Fsp3) is 0.679. The van der Waals surface area contributed by atoms with E-state index in [2.05, 4.69) is 10.6 Å². The first-order valence-corrected chi connectivity index (χ1v) is 13.5. The van der Waals surface area contributed by atoms with Gasteiger partial charge in [-0.25, -0.2) is 4.39 Å². The molecule has 1 saturated carbocycles. The molecule has 3 aliphatic rings. The summed E-state index contributed by atoms with van der Waals surface area (Å²) in [6.45, 7) is 4.58. The van der Waals surface area contributed by atoms with Gasteiger partial charge in [-0.2, -0.15) is 0 Å². The summed E-state index contributed by atoms with van der Waals surface area (Å²) in [5.41, 5.74) is 5.09. The van der Waals surface area contributed by atoms with Crippen LogP contribution in [0.3, 0.4) is 0 Å². The Kier molecular flexibility index (Phi) is 8.03. The van der Waals surface area contributed by atoms with E-state index in [4.69, 9.17) is 5.73 Å². The molecule has 3 fully saturated rings. The number of nitrogens with one attached hydrogen (secondary N) is 2. The van der Waals surface area contributed by atoms with Crippen LogP contribution in [-0.4, -0.2) is 53.8 Å². The Morgan fingerprint density at radius 2 is 1.89 bits per heavy atom. The number of hydrogen-bond acceptors (Lipinski definition) is 4. The molecule has 36 heavy (non-hydrogen) atoms. The molecule has 3 atom stereocenters. The highest BCUT2D eigenvalue weighted by Crippen LogP contribution is 2.46. The predicted octanol–water partition coefficient (Wildman–Crippen LogP) is 3.23. The molecule has 0 radical (unpaired) electrons. The Hall–Kier alpha value is -2.48. The van der Waals surface area contributed by atoms with Crippen molar-refractivity contribution in [2.75, 3.05) is 19.6 Å². The van der Waals surface area contributed by atoms with E-state index < -0.39 is 17.0 Å². The molecule has 0 bridgehead atoms. The lowest BCUT2D eigenvalue weighted by Crippen LogP contribution is -2.59. The third kappa shape index (κ3) is 5.74. The van der Waals surface area contributed by atoms with Crippen LogP contribution in [0.2, 0.25) is 0 Å². The standard InChI is InChI=1S/C28H41FN4O3/c1-27(2,30)25(35)32-23(14-9-19-7-4-3-5-8-19)24(34)33-16-6-15-28(18-33)22(17-31-26(28)36)20-10-12-21(29)13-11-20/h10-13,19,22-23H,3-9,14-18,30H2,1-2H3,(H,31,36)(H,32,35)/t22?,23-,28?/m1/s1. The summed E-state index contributed by atoms with van der Waals surface area (Å²) in [7, 11) is 0. The quantitative estimate of drug-likeness (QED) is 0.535. The van der Waals surface area contributed by atoms with E-state index in [0.29, 0.717) is 44.8 Å². The molecule has 2 aliphatic heterocycles. The van der Waals surface area contributed by atoms with Gasteiger partial charge in [0.2, 0.25) is 17.7 Å². The van der Waals surface area contributed by atoms with Crippen LogP contribution in [0.1, 0.15) is 83.1 Å². The minimum Gasteiger partial charge on any atom is -0.355 e. The maximum Gasteiger partial charge on any atom is 0.245 e. The second-order valence-electron chi connectivity index (χ2n) is 11.7. The number of rotatable bonds is 7. The number of nitrogens with zero attached hydrogens (tertiary/aromatic N) is 1. The first-order chi connectivity index (χ1) is 17.1. The predicted molar refractivity (Wildman–Crippen MR) is 136 cm³/mol. The van der Waals surface area contributed by atoms with Crippen LogP contribution in [-0.2, 0) is 14.4 Å². The van der Waals surface area contributed by atoms with Crippen molar-refractivity contribution in [3.05, 3.63) is 35.6 Å². The van der Waals surface area contributed by atoms with Gasteiger partial charge in [-0.3, -0.25) is 14.4 Å². The molecule has 3 amide bonds. The Balaban J connectivity index is 1.52. The van der Waals surface area contributed by atoms with Crippen LogP contribution in [0.5, 0.6) is 0 Å². The number of carbonyl (C=O) groups is 3. The van der Waals surface area contributed by atoms with Crippen molar-refractivity contribution in [2.45, 2.75) is 89.1 Å². The molecule has 2 heterocycles. The molecule has 1 aromatic rings. The van der Waals surface area contributed by atoms with Gasteiger partial charge in [-0.05, 0) is 63.1 Å². The summed E-state index contributed by atoms with van der Waals surface area (Å²) in [6, 6.07) is 5.65. The van der Waals surface area contributed by atoms with E-state index >= 15 is 0 Å². The maximum atomic E-state index is 13.9. The average Bonchev–Trinajstić information content (AvgIpc) is 3.16. The Morgan fingerprint density at radius 1 is 1.19 bits per heavy atom. The number of piperidine rings is 1. The molecular formula is C28H41FN4O3. The molecule has 1 aromatic carbocycles. The highest BCUT2D eigenvalue weighted by Gasteiger charge is 2.53. The second-order valence-corrected chi connectivity index (χ2v) is 11.7. The number of amides is 3. The molecular weight excluding hydrogens is 459 g/mol. The number of hydrogen-bond donors (Lipinski definition) is 3. The summed E-state index contributed by atoms with van der Waals surface area (Å²) in [5.74, 6) is -0.420. The lowest BCUT2D eigenvalue weighted by molar-refractivity contribution is -0.143. The number of carbonyl (C=O) groups excluding carboxylic acids is 3. The van der Waals surface area contributed by atoms with Crippen molar-refractivity contribution in [1.29, 1.82) is 0 Å². The fourth-order valence-corrected chi connectivity index (χ4v) is 6.30. The zero-order valence-corrected chi connectivity index (χ0v) is 21.7. The van der Waals surface area contributed by atoms with Crippen molar-refractivity contribution < 1.29 is 18.8 Å². The van der Waals surface area contributed by atoms with E-state index in [1.54, 1.807) is 30.9 Å². The van der Waals surface area contributed by atoms with E-state index in [1.165, 1.54) is 44.2 Å². The van der Waals surface area contributed by atoms with Gasteiger partial charge < -0.3 is 21.3 Å². The molecule has 2 saturated heterocycles. The van der Waals surface area contributed by atoms with Crippen LogP contribution < -0.4 is 16.4 Å². The van der Waals surface area contributed by atoms with Gasteiger partial charge in [-0.1, -0.05) is 44.2 Å². The van der Waals surface area contributed by atoms with Crippen LogP contribution in [0, 0.1) is 17.2 Å². The van der Waals surface area contributed by atoms with Gasteiger partial charge in [0.1, 0.15) is 11.9 Å². The first kappa shape index (κ1) is 26.6. The summed E-state index contributed by atoms with van der Waals surface area (Å²) in [6.07, 6.45) is 8.88. The maximum absolute atomic E-state index is 13.9. The molecule has 1 aliphatic carbocycles. The van der Waals surface area contributed by atoms with Crippen molar-refractivity contribution >= 4 is 17.7 Å². The first-order valence-electron chi connectivity index (χ1n) is 13.5. The van der Waals surface area contributed by atoms with Gasteiger partial charge >= 0.3 is 0 Å². The average molecular weight is 501 g/mol. The smallest absolute Gasteiger partial charge is 0.245 e. The highest BCUT2D eigenvalue weighted by molar-refractivity contribution is 5.92. The van der Waals surface area contributed by atoms with Gasteiger partial charge in [-0.15, -0.1) is 0 Å². The molecule has 7 nitrogen and oxygen atoms in total. The van der Waals surface area contributed by atoms with Crippen LogP contribution in [0.15, 0.2) is 24.3 Å². The van der Waals surface area contributed by atoms with E-state index in [9.17, 15) is 18.8 Å². The number of nitrogens with two attached hydrogens (primary N) is 1. The van der Waals surface area contributed by atoms with Crippen LogP contribution in [0.4, 0.5) is 4.39 Å². The monoisotopic (exact) mass is 500 g/mol. The van der Waals surface area contributed by atoms with Gasteiger partial charge in [0.15, 0.2) is 0 Å². The molecule has 198 valence electrons. The van der Waals surface area contributed by atoms with E-state index in [-0.39, 0.29) is 29.5 Å². The van der Waals surface area contributed by atoms with Gasteiger partial charge in [0.25, 0.3) is 0 Å². The summed E-state index contributed by atoms with van der Waals surface area (Å²) in [4.78, 5) is 41.6. The minimum absolute atomic E-state index is 0.0554. The number of benzene rings is 1. The molecule has 4 N–H and O–H groups in total. The third-order valence-corrected chi connectivity index (χ3v) is 8.47. The number of halogens is 1. The molecule has 4 rings (SSSR count). The van der Waals surface area contributed by atoms with Crippen molar-refractivity contribution in [3.63, 3.8) is 0 Å². The topological polar surface area (TPSA) is 105 Å². The van der Waals surface area contributed by atoms with Crippen LogP contribution in [0.25, 0.3) is 0 Å². The largest absolute Gasteiger partial charge is 0.355 e. The Morgan fingerprint density at radius 3 is 2.56 bits per heavy atom. The SMILES string of the molecule is CC(C)(N)C(=O)N[C@H](CCC1CCCCC1)C(=O)N1CCCC2(C1)C(=O)NCC2c1ccc(F)cc1. The lowest BCUT2D eigenvalue weighted by Gasteiger charge is -2.43. The zero-order chi connectivity index (χ0) is 25.9. The van der Waals surface area contributed by atoms with E-state index in [0.717, 1.165) is 12.0 Å². The summed E-state index contributed by atoms with van der Waals surface area (Å²) < 4.78 is 13.6. The Bertz CT molecular complexity index is 955. The van der Waals surface area contributed by atoms with Crippen molar-refractivity contribution in [1.82, 2.24) is 15.5 Å². The fourth-order valence-electron chi connectivity index (χ4n) is 6.30. The molecule has 8 heteroatoms. The Labute approximate surface area is 213 Å². The van der Waals surface area contributed by atoms with Gasteiger partial charge in [0, 0.05) is 25.6 Å². The molecule has 1 spiro atoms. The highest BCUT2D eigenvalue weighted by atomic mass is 19.1. The number of likely N-dealkylation sites (tertiary alicyclic amines) is 1. The third-order valence-electron chi connectivity index (χ3n) is 8.47. The summed E-state index contributed by atoms with van der Waals surface area (Å²) in [5, 5.41) is 5.93. The lowest BCUT2D eigenvalue weighted by atomic mass is 9.69. The minimum atomic E-state index is -1.09. The van der Waals surface area contributed by atoms with Crippen molar-refractivity contribution in [3.8, 4) is 0 Å². The van der Waals surface area contributed by atoms with Crippen LogP contribution >= 0.6 is 0 Å². The molecule has 0 aromatic heterocycles. The second kappa shape index (κ2) is 10.9. The molecule has 2 unspecified atom stereocenters. The zero-order valence-electron chi connectivity index (χ0n) is 21.7. The van der Waals surface area contributed by atoms with Gasteiger partial charge in [0.05, 0.1) is 11.0 Å².